The molecule has 5 rings (SSSR count). The fraction of sp³-hybridized carbons (Fsp3) is 0.391. The molecule has 2 spiro atoms. The second-order valence-corrected chi connectivity index (χ2v) is 9.03. The van der Waals surface area contributed by atoms with Gasteiger partial charge < -0.3 is 13.5 Å². The van der Waals surface area contributed by atoms with Crippen molar-refractivity contribution in [3.05, 3.63) is 59.7 Å². The van der Waals surface area contributed by atoms with Crippen LogP contribution in [0.1, 0.15) is 36.8 Å². The van der Waals surface area contributed by atoms with Crippen molar-refractivity contribution >= 4 is 34.9 Å². The summed E-state index contributed by atoms with van der Waals surface area (Å²) in [7, 11) is 1.71. The third kappa shape index (κ3) is 2.78. The lowest BCUT2D eigenvalue weighted by Gasteiger charge is -2.44. The summed E-state index contributed by atoms with van der Waals surface area (Å²) in [5, 5.41) is 0. The quantitative estimate of drug-likeness (QED) is 0.616. The van der Waals surface area contributed by atoms with E-state index in [1.54, 1.807) is 7.05 Å². The average molecular weight is 517 g/mol. The number of para-hydroxylation sites is 1. The van der Waals surface area contributed by atoms with Gasteiger partial charge in [0.1, 0.15) is 34.5 Å². The number of fused-ring (bicyclic) bond motifs is 3. The number of aliphatic imine (C=N–C) groups is 1. The number of hydrogen-bond acceptors (Lipinski definition) is 5. The highest BCUT2D eigenvalue weighted by Gasteiger charge is 2.66. The van der Waals surface area contributed by atoms with Gasteiger partial charge in [0.15, 0.2) is 11.5 Å². The Morgan fingerprint density at radius 1 is 1.13 bits per heavy atom. The maximum atomic E-state index is 13.7. The molecule has 156 valence electrons. The van der Waals surface area contributed by atoms with E-state index in [1.807, 2.05) is 65.5 Å². The number of ether oxygens (including phenoxy) is 1. The lowest BCUT2D eigenvalue weighted by Crippen LogP contribution is -2.51. The molecule has 1 heterocycles. The highest BCUT2D eigenvalue weighted by Crippen LogP contribution is 2.62. The normalized spacial score (nSPS) is 30.1. The summed E-state index contributed by atoms with van der Waals surface area (Å²) in [5.41, 5.74) is 7.02. The van der Waals surface area contributed by atoms with Gasteiger partial charge in [0, 0.05) is 12.5 Å². The van der Waals surface area contributed by atoms with E-state index in [9.17, 15) is 4.79 Å². The minimum absolute atomic E-state index is 0.0375. The number of likely N-dealkylation sites (N-methyl/N-ethyl adjacent to an activating group) is 1. The van der Waals surface area contributed by atoms with Crippen LogP contribution in [0.15, 0.2) is 53.5 Å². The van der Waals surface area contributed by atoms with Crippen molar-refractivity contribution in [3.8, 4) is 11.5 Å². The van der Waals surface area contributed by atoms with Crippen LogP contribution in [0.2, 0.25) is 0 Å². The Balaban J connectivity index is 1.60. The molecule has 0 radical (unpaired) electrons. The molecule has 30 heavy (non-hydrogen) atoms. The molecule has 2 aromatic rings. The Morgan fingerprint density at radius 2 is 1.87 bits per heavy atom. The Bertz CT molecular complexity index is 1020. The number of halogens is 1. The van der Waals surface area contributed by atoms with Crippen LogP contribution in [0.5, 0.6) is 11.5 Å². The van der Waals surface area contributed by atoms with Crippen LogP contribution in [-0.4, -0.2) is 29.9 Å². The number of nitrogens with zero attached hydrogens (tertiary/aromatic N) is 2. The van der Waals surface area contributed by atoms with Crippen molar-refractivity contribution in [2.75, 3.05) is 7.05 Å². The number of hydrogen-bond donors (Lipinski definition) is 1. The Labute approximate surface area is 190 Å². The zero-order chi connectivity index (χ0) is 20.9. The number of benzene rings is 2. The predicted molar refractivity (Wildman–Crippen MR) is 123 cm³/mol. The molecule has 2 aliphatic carbocycles. The molecule has 6 nitrogen and oxygen atoms in total. The number of carbonyl (C=O) groups excluding carboxylic acids is 1. The number of guanidine groups is 1. The molecule has 0 saturated heterocycles. The summed E-state index contributed by atoms with van der Waals surface area (Å²) in [4.78, 5) is 20.0. The van der Waals surface area contributed by atoms with E-state index in [0.29, 0.717) is 5.75 Å². The van der Waals surface area contributed by atoms with E-state index in [4.69, 9.17) is 18.5 Å². The molecule has 1 saturated carbocycles. The van der Waals surface area contributed by atoms with Gasteiger partial charge in [0.05, 0.1) is 6.10 Å². The summed E-state index contributed by atoms with van der Waals surface area (Å²) in [6.07, 6.45) is 4.63. The number of carbonyl (C=O) groups is 1. The molecule has 1 amide bonds. The zero-order valence-corrected chi connectivity index (χ0v) is 19.0. The highest BCUT2D eigenvalue weighted by molar-refractivity contribution is 14.1. The first-order chi connectivity index (χ1) is 14.5. The lowest BCUT2D eigenvalue weighted by molar-refractivity contribution is -0.136. The van der Waals surface area contributed by atoms with Gasteiger partial charge in [-0.2, -0.15) is 0 Å². The van der Waals surface area contributed by atoms with Crippen LogP contribution in [0.3, 0.4) is 0 Å². The van der Waals surface area contributed by atoms with Crippen LogP contribution in [0.4, 0.5) is 0 Å². The van der Waals surface area contributed by atoms with Crippen molar-refractivity contribution in [1.82, 2.24) is 4.90 Å². The van der Waals surface area contributed by atoms with E-state index >= 15 is 0 Å². The smallest absolute Gasteiger partial charge is 0.262 e. The van der Waals surface area contributed by atoms with E-state index in [-0.39, 0.29) is 23.4 Å². The zero-order valence-electron chi connectivity index (χ0n) is 16.8. The topological polar surface area (TPSA) is 77.2 Å². The first-order valence-corrected chi connectivity index (χ1v) is 11.1. The number of rotatable bonds is 3. The Morgan fingerprint density at radius 3 is 2.50 bits per heavy atom. The van der Waals surface area contributed by atoms with Gasteiger partial charge in [-0.15, -0.1) is 0 Å². The molecule has 1 atom stereocenters. The van der Waals surface area contributed by atoms with E-state index in [0.717, 1.165) is 49.0 Å². The first kappa shape index (κ1) is 19.8. The number of amides is 1. The molecule has 2 N–H and O–H groups in total. The van der Waals surface area contributed by atoms with E-state index < -0.39 is 5.54 Å². The van der Waals surface area contributed by atoms with Crippen molar-refractivity contribution in [1.29, 1.82) is 0 Å². The summed E-state index contributed by atoms with van der Waals surface area (Å²) < 4.78 is 11.7. The van der Waals surface area contributed by atoms with Gasteiger partial charge in [-0.05, 0) is 67.5 Å². The van der Waals surface area contributed by atoms with Gasteiger partial charge in [0.2, 0.25) is 0 Å². The van der Waals surface area contributed by atoms with Crippen LogP contribution in [0.25, 0.3) is 0 Å². The van der Waals surface area contributed by atoms with Crippen molar-refractivity contribution in [2.45, 2.75) is 43.7 Å². The molecular formula is C23H24IN3O3. The van der Waals surface area contributed by atoms with Crippen LogP contribution in [0, 0.1) is 5.41 Å². The van der Waals surface area contributed by atoms with Crippen molar-refractivity contribution in [3.63, 3.8) is 0 Å². The molecule has 0 bridgehead atoms. The van der Waals surface area contributed by atoms with E-state index in [1.165, 1.54) is 4.90 Å². The van der Waals surface area contributed by atoms with Crippen LogP contribution >= 0.6 is 23.0 Å². The summed E-state index contributed by atoms with van der Waals surface area (Å²) in [6.45, 7) is 0. The maximum Gasteiger partial charge on any atom is 0.262 e. The molecule has 0 aromatic heterocycles. The third-order valence-electron chi connectivity index (χ3n) is 7.00. The predicted octanol–water partition coefficient (Wildman–Crippen LogP) is 4.31. The van der Waals surface area contributed by atoms with Gasteiger partial charge >= 0.3 is 0 Å². The second-order valence-electron chi connectivity index (χ2n) is 8.52. The SMILES string of the molecule is CN1C(=O)[C@]2(N=C1N)c1cc(Oc3ccccc3)ccc1C[C@]21CC[C@@H](OI)CC1. The van der Waals surface area contributed by atoms with E-state index in [2.05, 4.69) is 6.07 Å². The molecule has 7 heteroatoms. The minimum Gasteiger partial charge on any atom is -0.457 e. The lowest BCUT2D eigenvalue weighted by atomic mass is 9.61. The van der Waals surface area contributed by atoms with Gasteiger partial charge in [-0.1, -0.05) is 24.3 Å². The first-order valence-electron chi connectivity index (χ1n) is 10.3. The minimum atomic E-state index is -0.979. The standard InChI is InChI=1S/C23H24IN3O3/c1-27-20(28)23(26-21(27)25)19-13-18(29-16-5-3-2-4-6-16)8-7-15(19)14-22(23)11-9-17(30-24)10-12-22/h2-8,13,17H,9-12,14H2,1H3,(H2,25,26)/t17-,22-,23-/m1/s1. The molecule has 3 aliphatic rings. The largest absolute Gasteiger partial charge is 0.457 e. The maximum absolute atomic E-state index is 13.7. The molecular weight excluding hydrogens is 493 g/mol. The summed E-state index contributed by atoms with van der Waals surface area (Å²) >= 11 is 1.98. The Kier molecular flexibility index (Phi) is 4.77. The van der Waals surface area contributed by atoms with Gasteiger partial charge in [0.25, 0.3) is 5.91 Å². The monoisotopic (exact) mass is 517 g/mol. The molecule has 1 aliphatic heterocycles. The van der Waals surface area contributed by atoms with Crippen LogP contribution < -0.4 is 10.5 Å². The number of nitrogens with two attached hydrogens (primary N) is 1. The van der Waals surface area contributed by atoms with Gasteiger partial charge in [-0.3, -0.25) is 9.69 Å². The van der Waals surface area contributed by atoms with Crippen LogP contribution in [-0.2, 0) is 19.8 Å². The third-order valence-corrected chi connectivity index (χ3v) is 7.72. The van der Waals surface area contributed by atoms with Gasteiger partial charge in [-0.25, -0.2) is 4.99 Å². The summed E-state index contributed by atoms with van der Waals surface area (Å²) in [6, 6.07) is 15.7. The van der Waals surface area contributed by atoms with Crippen molar-refractivity contribution < 1.29 is 12.6 Å². The molecule has 0 unspecified atom stereocenters. The summed E-state index contributed by atoms with van der Waals surface area (Å²) in [5.74, 6) is 1.71. The second kappa shape index (κ2) is 7.23. The fourth-order valence-electron chi connectivity index (χ4n) is 5.45. The molecule has 1 fully saturated rings. The average Bonchev–Trinajstić information content (AvgIpc) is 3.16. The Hall–Kier alpha value is -2.13. The molecule has 2 aromatic carbocycles. The highest BCUT2D eigenvalue weighted by atomic mass is 127. The fourth-order valence-corrected chi connectivity index (χ4v) is 5.96. The van der Waals surface area contributed by atoms with Crippen molar-refractivity contribution in [2.24, 2.45) is 16.1 Å².